The highest BCUT2D eigenvalue weighted by atomic mass is 32.1. The van der Waals surface area contributed by atoms with Crippen LogP contribution in [0.3, 0.4) is 0 Å². The van der Waals surface area contributed by atoms with Crippen molar-refractivity contribution in [2.45, 2.75) is 19.1 Å². The fourth-order valence-corrected chi connectivity index (χ4v) is 4.00. The molecule has 1 aromatic heterocycles. The second kappa shape index (κ2) is 9.11. The van der Waals surface area contributed by atoms with Crippen LogP contribution in [-0.4, -0.2) is 36.5 Å². The summed E-state index contributed by atoms with van der Waals surface area (Å²) in [5.74, 6) is 0.625. The van der Waals surface area contributed by atoms with E-state index in [9.17, 15) is 9.90 Å². The minimum atomic E-state index is -0.175. The molecule has 7 heteroatoms. The van der Waals surface area contributed by atoms with Gasteiger partial charge in [0.05, 0.1) is 30.9 Å². The van der Waals surface area contributed by atoms with E-state index >= 15 is 0 Å². The zero-order valence-corrected chi connectivity index (χ0v) is 17.3. The lowest BCUT2D eigenvalue weighted by molar-refractivity contribution is 0.0755. The first-order chi connectivity index (χ1) is 14.7. The SMILES string of the molecule is COc1ccc(-c2ccc(C3=NOC(CNC(=O)c4cccs4)C3)cc2)c(CO)c1. The highest BCUT2D eigenvalue weighted by Gasteiger charge is 2.23. The quantitative estimate of drug-likeness (QED) is 0.606. The molecule has 0 aliphatic carbocycles. The van der Waals surface area contributed by atoms with Gasteiger partial charge in [-0.25, -0.2) is 0 Å². The van der Waals surface area contributed by atoms with Crippen molar-refractivity contribution < 1.29 is 19.5 Å². The third-order valence-electron chi connectivity index (χ3n) is 4.98. The Labute approximate surface area is 178 Å². The van der Waals surface area contributed by atoms with Crippen molar-refractivity contribution in [3.05, 3.63) is 76.0 Å². The number of amides is 1. The third-order valence-corrected chi connectivity index (χ3v) is 5.85. The maximum Gasteiger partial charge on any atom is 0.261 e. The number of thiophene rings is 1. The first-order valence-electron chi connectivity index (χ1n) is 9.61. The van der Waals surface area contributed by atoms with Gasteiger partial charge >= 0.3 is 0 Å². The first kappa shape index (κ1) is 20.1. The summed E-state index contributed by atoms with van der Waals surface area (Å²) in [6, 6.07) is 17.3. The number of carbonyl (C=O) groups excluding carboxylic acids is 1. The maximum absolute atomic E-state index is 12.1. The molecule has 0 saturated carbocycles. The average Bonchev–Trinajstić information content (AvgIpc) is 3.49. The van der Waals surface area contributed by atoms with E-state index < -0.39 is 0 Å². The van der Waals surface area contributed by atoms with Gasteiger partial charge in [0.1, 0.15) is 11.9 Å². The Balaban J connectivity index is 1.38. The van der Waals surface area contributed by atoms with Crippen LogP contribution in [0.5, 0.6) is 5.75 Å². The number of nitrogens with zero attached hydrogens (tertiary/aromatic N) is 1. The molecule has 1 aliphatic rings. The Morgan fingerprint density at radius 2 is 2.03 bits per heavy atom. The Bertz CT molecular complexity index is 1050. The molecule has 30 heavy (non-hydrogen) atoms. The fraction of sp³-hybridized carbons (Fsp3) is 0.217. The van der Waals surface area contributed by atoms with Crippen LogP contribution in [0, 0.1) is 0 Å². The van der Waals surface area contributed by atoms with Gasteiger partial charge in [-0.05, 0) is 45.8 Å². The minimum absolute atomic E-state index is 0.0618. The molecule has 4 rings (SSSR count). The normalized spacial score (nSPS) is 15.4. The van der Waals surface area contributed by atoms with Crippen LogP contribution in [0.4, 0.5) is 0 Å². The summed E-state index contributed by atoms with van der Waals surface area (Å²) >= 11 is 1.41. The number of oxime groups is 1. The molecule has 2 N–H and O–H groups in total. The predicted molar refractivity (Wildman–Crippen MR) is 117 cm³/mol. The number of rotatable bonds is 7. The van der Waals surface area contributed by atoms with Crippen molar-refractivity contribution in [1.82, 2.24) is 5.32 Å². The van der Waals surface area contributed by atoms with Crippen LogP contribution in [-0.2, 0) is 11.4 Å². The van der Waals surface area contributed by atoms with Crippen molar-refractivity contribution >= 4 is 23.0 Å². The van der Waals surface area contributed by atoms with Crippen LogP contribution in [0.2, 0.25) is 0 Å². The van der Waals surface area contributed by atoms with Crippen LogP contribution in [0.15, 0.2) is 65.1 Å². The van der Waals surface area contributed by atoms with Crippen LogP contribution in [0.25, 0.3) is 11.1 Å². The lowest BCUT2D eigenvalue weighted by Gasteiger charge is -2.11. The molecule has 6 nitrogen and oxygen atoms in total. The molecule has 1 unspecified atom stereocenters. The summed E-state index contributed by atoms with van der Waals surface area (Å²) < 4.78 is 5.23. The highest BCUT2D eigenvalue weighted by molar-refractivity contribution is 7.12. The first-order valence-corrected chi connectivity index (χ1v) is 10.5. The standard InChI is InChI=1S/C23H22N2O4S/c1-28-18-8-9-20(17(11-18)14-26)15-4-6-16(7-5-15)21-12-19(29-25-21)13-24-23(27)22-3-2-10-30-22/h2-11,19,26H,12-14H2,1H3,(H,24,27). The van der Waals surface area contributed by atoms with E-state index in [-0.39, 0.29) is 18.6 Å². The summed E-state index contributed by atoms with van der Waals surface area (Å²) in [6.07, 6.45) is 0.459. The smallest absolute Gasteiger partial charge is 0.261 e. The number of methoxy groups -OCH3 is 1. The number of carbonyl (C=O) groups is 1. The molecular formula is C23H22N2O4S. The number of hydrogen-bond donors (Lipinski definition) is 2. The lowest BCUT2D eigenvalue weighted by Crippen LogP contribution is -2.31. The molecule has 0 fully saturated rings. The van der Waals surface area contributed by atoms with E-state index in [1.165, 1.54) is 11.3 Å². The molecule has 0 radical (unpaired) electrons. The average molecular weight is 423 g/mol. The Morgan fingerprint density at radius 3 is 2.73 bits per heavy atom. The van der Waals surface area contributed by atoms with Crippen LogP contribution < -0.4 is 10.1 Å². The van der Waals surface area contributed by atoms with Crippen molar-refractivity contribution in [3.63, 3.8) is 0 Å². The Morgan fingerprint density at radius 1 is 1.23 bits per heavy atom. The zero-order valence-electron chi connectivity index (χ0n) is 16.5. The second-order valence-electron chi connectivity index (χ2n) is 6.92. The number of ether oxygens (including phenoxy) is 1. The van der Waals surface area contributed by atoms with Crippen molar-refractivity contribution in [3.8, 4) is 16.9 Å². The molecule has 154 valence electrons. The number of hydrogen-bond acceptors (Lipinski definition) is 6. The molecule has 1 atom stereocenters. The minimum Gasteiger partial charge on any atom is -0.497 e. The Hall–Kier alpha value is -3.16. The van der Waals surface area contributed by atoms with Gasteiger partial charge in [-0.1, -0.05) is 41.6 Å². The summed E-state index contributed by atoms with van der Waals surface area (Å²) in [6.45, 7) is 0.348. The number of nitrogens with one attached hydrogen (secondary N) is 1. The molecular weight excluding hydrogens is 400 g/mol. The largest absolute Gasteiger partial charge is 0.497 e. The number of aliphatic hydroxyl groups is 1. The molecule has 0 spiro atoms. The molecule has 1 amide bonds. The molecule has 2 heterocycles. The van der Waals surface area contributed by atoms with E-state index in [1.807, 2.05) is 53.9 Å². The highest BCUT2D eigenvalue weighted by Crippen LogP contribution is 2.28. The van der Waals surface area contributed by atoms with Gasteiger partial charge in [0.15, 0.2) is 0 Å². The predicted octanol–water partition coefficient (Wildman–Crippen LogP) is 3.84. The van der Waals surface area contributed by atoms with Gasteiger partial charge < -0.3 is 20.0 Å². The maximum atomic E-state index is 12.1. The summed E-state index contributed by atoms with van der Waals surface area (Å²) in [4.78, 5) is 18.2. The monoisotopic (exact) mass is 422 g/mol. The molecule has 0 bridgehead atoms. The summed E-state index contributed by atoms with van der Waals surface area (Å²) in [5.41, 5.74) is 4.61. The van der Waals surface area contributed by atoms with Gasteiger partial charge in [-0.2, -0.15) is 0 Å². The van der Waals surface area contributed by atoms with E-state index in [2.05, 4.69) is 10.5 Å². The Kier molecular flexibility index (Phi) is 6.11. The lowest BCUT2D eigenvalue weighted by atomic mass is 9.97. The van der Waals surface area contributed by atoms with Crippen LogP contribution >= 0.6 is 11.3 Å². The number of benzene rings is 2. The zero-order chi connectivity index (χ0) is 20.9. The van der Waals surface area contributed by atoms with Gasteiger partial charge in [0.2, 0.25) is 0 Å². The van der Waals surface area contributed by atoms with Crippen molar-refractivity contribution in [2.24, 2.45) is 5.16 Å². The van der Waals surface area contributed by atoms with E-state index in [4.69, 9.17) is 9.57 Å². The van der Waals surface area contributed by atoms with Crippen molar-refractivity contribution in [2.75, 3.05) is 13.7 Å². The molecule has 1 aliphatic heterocycles. The summed E-state index contributed by atoms with van der Waals surface area (Å²) in [7, 11) is 1.61. The fourth-order valence-electron chi connectivity index (χ4n) is 3.36. The van der Waals surface area contributed by atoms with Gasteiger partial charge in [0, 0.05) is 6.42 Å². The van der Waals surface area contributed by atoms with E-state index in [1.54, 1.807) is 13.2 Å². The van der Waals surface area contributed by atoms with Crippen molar-refractivity contribution in [1.29, 1.82) is 0 Å². The molecule has 0 saturated heterocycles. The van der Waals surface area contributed by atoms with Gasteiger partial charge in [-0.3, -0.25) is 4.79 Å². The van der Waals surface area contributed by atoms with Gasteiger partial charge in [0.25, 0.3) is 5.91 Å². The molecule has 2 aromatic carbocycles. The number of aliphatic hydroxyl groups excluding tert-OH is 1. The molecule has 3 aromatic rings. The van der Waals surface area contributed by atoms with Gasteiger partial charge in [-0.15, -0.1) is 11.3 Å². The third kappa shape index (κ3) is 4.37. The summed E-state index contributed by atoms with van der Waals surface area (Å²) in [5, 5.41) is 18.7. The van der Waals surface area contributed by atoms with Crippen LogP contribution in [0.1, 0.15) is 27.2 Å². The van der Waals surface area contributed by atoms with E-state index in [0.29, 0.717) is 23.6 Å². The topological polar surface area (TPSA) is 80.2 Å². The van der Waals surface area contributed by atoms with E-state index in [0.717, 1.165) is 28.0 Å². The second-order valence-corrected chi connectivity index (χ2v) is 7.86.